The molecule has 32 heavy (non-hydrogen) atoms. The number of hydrogen-bond donors (Lipinski definition) is 1. The highest BCUT2D eigenvalue weighted by molar-refractivity contribution is 5.94. The summed E-state index contributed by atoms with van der Waals surface area (Å²) in [6, 6.07) is 2.89. The number of nitrogens with zero attached hydrogens (tertiary/aromatic N) is 3. The smallest absolute Gasteiger partial charge is 0.481 e. The number of alkyl halides is 3. The maximum absolute atomic E-state index is 14.3. The third-order valence-corrected chi connectivity index (χ3v) is 4.74. The number of nitrogens with one attached hydrogen (secondary N) is 1. The largest absolute Gasteiger partial charge is 0.574 e. The summed E-state index contributed by atoms with van der Waals surface area (Å²) in [5.41, 5.74) is 0.540. The third kappa shape index (κ3) is 4.63. The molecule has 1 atom stereocenters. The number of carbonyl (C=O) groups excluding carboxylic acids is 1. The Morgan fingerprint density at radius 2 is 2.06 bits per heavy atom. The van der Waals surface area contributed by atoms with Crippen LogP contribution < -0.4 is 14.8 Å². The Hall–Kier alpha value is -3.70. The standard InChI is InChI=1S/C20H16F4N4O4/c1-30-15-8-11(12(21)9-26-15)19-28-14-4-2-3-13(17(14)31-19)27-18(29)10-5-6-25-16(7-10)32-20(22,23)24/h5-9,13H,2-4H2,1H3,(H,27,29). The summed E-state index contributed by atoms with van der Waals surface area (Å²) >= 11 is 0. The van der Waals surface area contributed by atoms with Crippen molar-refractivity contribution >= 4 is 5.91 Å². The number of ether oxygens (including phenoxy) is 2. The molecule has 3 heterocycles. The topological polar surface area (TPSA) is 99.4 Å². The molecule has 1 amide bonds. The highest BCUT2D eigenvalue weighted by atomic mass is 19.4. The number of oxazole rings is 1. The first-order valence-corrected chi connectivity index (χ1v) is 9.45. The number of carbonyl (C=O) groups is 1. The number of pyridine rings is 2. The molecule has 0 spiro atoms. The number of aryl methyl sites for hydroxylation is 1. The summed E-state index contributed by atoms with van der Waals surface area (Å²) in [7, 11) is 1.39. The van der Waals surface area contributed by atoms with Crippen LogP contribution in [-0.2, 0) is 6.42 Å². The quantitative estimate of drug-likeness (QED) is 0.585. The van der Waals surface area contributed by atoms with Gasteiger partial charge in [-0.2, -0.15) is 0 Å². The van der Waals surface area contributed by atoms with E-state index in [1.54, 1.807) is 0 Å². The van der Waals surface area contributed by atoms with Gasteiger partial charge in [0.15, 0.2) is 5.82 Å². The molecule has 0 fully saturated rings. The molecule has 4 rings (SSSR count). The summed E-state index contributed by atoms with van der Waals surface area (Å²) in [6.45, 7) is 0. The summed E-state index contributed by atoms with van der Waals surface area (Å²) in [4.78, 5) is 24.2. The Kier molecular flexibility index (Phi) is 5.68. The van der Waals surface area contributed by atoms with Crippen LogP contribution in [0.25, 0.3) is 11.5 Å². The van der Waals surface area contributed by atoms with Crippen molar-refractivity contribution in [2.75, 3.05) is 7.11 Å². The van der Waals surface area contributed by atoms with Crippen LogP contribution in [0, 0.1) is 5.82 Å². The van der Waals surface area contributed by atoms with Gasteiger partial charge >= 0.3 is 6.36 Å². The molecule has 12 heteroatoms. The Morgan fingerprint density at radius 3 is 2.81 bits per heavy atom. The molecule has 3 aromatic rings. The second-order valence-electron chi connectivity index (χ2n) is 6.89. The maximum Gasteiger partial charge on any atom is 0.574 e. The molecule has 0 saturated carbocycles. The highest BCUT2D eigenvalue weighted by Crippen LogP contribution is 2.35. The van der Waals surface area contributed by atoms with E-state index in [0.29, 0.717) is 30.7 Å². The minimum atomic E-state index is -4.93. The van der Waals surface area contributed by atoms with E-state index in [0.717, 1.165) is 18.5 Å². The van der Waals surface area contributed by atoms with E-state index in [9.17, 15) is 22.4 Å². The van der Waals surface area contributed by atoms with Crippen molar-refractivity contribution < 1.29 is 36.2 Å². The first kappa shape index (κ1) is 21.5. The fourth-order valence-electron chi connectivity index (χ4n) is 3.33. The average Bonchev–Trinajstić information content (AvgIpc) is 3.18. The Morgan fingerprint density at radius 1 is 1.25 bits per heavy atom. The number of fused-ring (bicyclic) bond motifs is 1. The molecule has 0 bridgehead atoms. The van der Waals surface area contributed by atoms with Crippen molar-refractivity contribution in [1.82, 2.24) is 20.3 Å². The van der Waals surface area contributed by atoms with Crippen LogP contribution in [0.3, 0.4) is 0 Å². The van der Waals surface area contributed by atoms with E-state index in [1.807, 2.05) is 0 Å². The SMILES string of the molecule is COc1cc(-c2nc3c(o2)C(NC(=O)c2ccnc(OC(F)(F)F)c2)CCC3)c(F)cn1. The summed E-state index contributed by atoms with van der Waals surface area (Å²) in [5, 5.41) is 2.72. The minimum Gasteiger partial charge on any atom is -0.481 e. The maximum atomic E-state index is 14.3. The van der Waals surface area contributed by atoms with E-state index >= 15 is 0 Å². The van der Waals surface area contributed by atoms with Crippen LogP contribution in [0.2, 0.25) is 0 Å². The molecule has 0 aliphatic heterocycles. The molecule has 0 radical (unpaired) electrons. The molecule has 3 aromatic heterocycles. The van der Waals surface area contributed by atoms with Gasteiger partial charge in [0.2, 0.25) is 17.7 Å². The lowest BCUT2D eigenvalue weighted by atomic mass is 9.97. The average molecular weight is 452 g/mol. The van der Waals surface area contributed by atoms with E-state index in [2.05, 4.69) is 25.0 Å². The van der Waals surface area contributed by atoms with Crippen LogP contribution in [0.15, 0.2) is 35.0 Å². The zero-order chi connectivity index (χ0) is 22.9. The van der Waals surface area contributed by atoms with Gasteiger partial charge in [0.05, 0.1) is 30.6 Å². The molecule has 168 valence electrons. The first-order valence-electron chi connectivity index (χ1n) is 9.45. The predicted molar refractivity (Wildman–Crippen MR) is 100 cm³/mol. The minimum absolute atomic E-state index is 0.0131. The molecule has 0 aromatic carbocycles. The zero-order valence-corrected chi connectivity index (χ0v) is 16.6. The molecular formula is C20H16F4N4O4. The van der Waals surface area contributed by atoms with Crippen LogP contribution in [0.1, 0.15) is 40.7 Å². The van der Waals surface area contributed by atoms with Crippen molar-refractivity contribution in [2.45, 2.75) is 31.7 Å². The third-order valence-electron chi connectivity index (χ3n) is 4.74. The molecule has 1 N–H and O–H groups in total. The molecule has 1 aliphatic carbocycles. The van der Waals surface area contributed by atoms with Gasteiger partial charge in [-0.25, -0.2) is 19.3 Å². The van der Waals surface area contributed by atoms with Gasteiger partial charge in [0, 0.05) is 23.9 Å². The lowest BCUT2D eigenvalue weighted by Crippen LogP contribution is -2.30. The van der Waals surface area contributed by atoms with Crippen molar-refractivity contribution in [3.05, 3.63) is 53.4 Å². The van der Waals surface area contributed by atoms with E-state index in [4.69, 9.17) is 9.15 Å². The van der Waals surface area contributed by atoms with Crippen LogP contribution in [-0.4, -0.2) is 34.3 Å². The number of methoxy groups -OCH3 is 1. The fourth-order valence-corrected chi connectivity index (χ4v) is 3.33. The van der Waals surface area contributed by atoms with Gasteiger partial charge < -0.3 is 19.2 Å². The lowest BCUT2D eigenvalue weighted by molar-refractivity contribution is -0.276. The van der Waals surface area contributed by atoms with Gasteiger partial charge in [-0.05, 0) is 25.3 Å². The van der Waals surface area contributed by atoms with Crippen LogP contribution in [0.5, 0.6) is 11.8 Å². The second kappa shape index (κ2) is 8.44. The monoisotopic (exact) mass is 452 g/mol. The van der Waals surface area contributed by atoms with E-state index < -0.39 is 30.0 Å². The van der Waals surface area contributed by atoms with Crippen molar-refractivity contribution in [2.24, 2.45) is 0 Å². The Labute approximate surface area is 178 Å². The van der Waals surface area contributed by atoms with Crippen molar-refractivity contribution in [3.63, 3.8) is 0 Å². The Bertz CT molecular complexity index is 1150. The van der Waals surface area contributed by atoms with Gasteiger partial charge in [0.25, 0.3) is 5.91 Å². The normalized spacial score (nSPS) is 15.7. The van der Waals surface area contributed by atoms with Gasteiger partial charge in [-0.3, -0.25) is 4.79 Å². The van der Waals surface area contributed by atoms with Crippen molar-refractivity contribution in [1.29, 1.82) is 0 Å². The molecule has 1 aliphatic rings. The van der Waals surface area contributed by atoms with Crippen molar-refractivity contribution in [3.8, 4) is 23.2 Å². The predicted octanol–water partition coefficient (Wildman–Crippen LogP) is 3.99. The number of hydrogen-bond acceptors (Lipinski definition) is 7. The number of rotatable bonds is 5. The molecular weight excluding hydrogens is 436 g/mol. The summed E-state index contributed by atoms with van der Waals surface area (Å²) < 4.78 is 66.0. The molecule has 0 saturated heterocycles. The fraction of sp³-hybridized carbons (Fsp3) is 0.300. The van der Waals surface area contributed by atoms with Crippen LogP contribution in [0.4, 0.5) is 17.6 Å². The van der Waals surface area contributed by atoms with Gasteiger partial charge in [0.1, 0.15) is 5.76 Å². The number of amides is 1. The summed E-state index contributed by atoms with van der Waals surface area (Å²) in [6.07, 6.45) is -1.16. The van der Waals surface area contributed by atoms with Gasteiger partial charge in [-0.1, -0.05) is 0 Å². The number of aromatic nitrogens is 3. The van der Waals surface area contributed by atoms with Gasteiger partial charge in [-0.15, -0.1) is 13.2 Å². The van der Waals surface area contributed by atoms with E-state index in [-0.39, 0.29) is 22.9 Å². The zero-order valence-electron chi connectivity index (χ0n) is 16.6. The van der Waals surface area contributed by atoms with E-state index in [1.165, 1.54) is 19.2 Å². The highest BCUT2D eigenvalue weighted by Gasteiger charge is 2.33. The lowest BCUT2D eigenvalue weighted by Gasteiger charge is -2.21. The second-order valence-corrected chi connectivity index (χ2v) is 6.89. The molecule has 1 unspecified atom stereocenters. The first-order chi connectivity index (χ1) is 15.2. The Balaban J connectivity index is 1.57. The number of halogens is 4. The van der Waals surface area contributed by atoms with Crippen LogP contribution >= 0.6 is 0 Å². The molecule has 8 nitrogen and oxygen atoms in total. The summed E-state index contributed by atoms with van der Waals surface area (Å²) in [5.74, 6) is -1.50.